The zero-order chi connectivity index (χ0) is 11.4. The molecule has 0 radical (unpaired) electrons. The first kappa shape index (κ1) is 10.4. The Morgan fingerprint density at radius 1 is 1.38 bits per heavy atom. The summed E-state index contributed by atoms with van der Waals surface area (Å²) in [6.07, 6.45) is 1.49. The van der Waals surface area contributed by atoms with E-state index in [0.29, 0.717) is 6.42 Å². The molecule has 1 atom stereocenters. The first-order valence-corrected chi connectivity index (χ1v) is 4.80. The quantitative estimate of drug-likeness (QED) is 0.841. The van der Waals surface area contributed by atoms with Gasteiger partial charge in [-0.25, -0.2) is 0 Å². The summed E-state index contributed by atoms with van der Waals surface area (Å²) in [5, 5.41) is 12.7. The Morgan fingerprint density at radius 3 is 2.69 bits per heavy atom. The van der Waals surface area contributed by atoms with E-state index >= 15 is 0 Å². The fourth-order valence-electron chi connectivity index (χ4n) is 1.47. The molecule has 0 fully saturated rings. The molecule has 1 N–H and O–H groups in total. The molecular weight excluding hydrogens is 208 g/mol. The maximum Gasteiger partial charge on any atom is 0.314 e. The van der Waals surface area contributed by atoms with Crippen molar-refractivity contribution in [2.45, 2.75) is 12.3 Å². The number of nitrogens with zero attached hydrogens (tertiary/aromatic N) is 2. The lowest BCUT2D eigenvalue weighted by atomic mass is 9.99. The number of aromatic nitrogens is 2. The fourth-order valence-corrected chi connectivity index (χ4v) is 1.47. The standard InChI is InChI=1S/C11H10N2O3/c14-11(15)9(10-12-7-16-13-10)6-8-4-2-1-3-5-8/h1-5,7,9H,6H2,(H,14,15). The van der Waals surface area contributed by atoms with Gasteiger partial charge in [-0.1, -0.05) is 35.5 Å². The normalized spacial score (nSPS) is 12.2. The molecule has 0 bridgehead atoms. The molecule has 0 aliphatic rings. The van der Waals surface area contributed by atoms with E-state index in [4.69, 9.17) is 5.11 Å². The zero-order valence-electron chi connectivity index (χ0n) is 8.41. The highest BCUT2D eigenvalue weighted by molar-refractivity contribution is 5.75. The molecule has 5 heteroatoms. The molecule has 1 aromatic carbocycles. The molecule has 0 spiro atoms. The zero-order valence-corrected chi connectivity index (χ0v) is 8.41. The van der Waals surface area contributed by atoms with Crippen LogP contribution in [0.2, 0.25) is 0 Å². The van der Waals surface area contributed by atoms with Gasteiger partial charge in [0.25, 0.3) is 0 Å². The SMILES string of the molecule is O=C(O)C(Cc1ccccc1)c1ncon1. The van der Waals surface area contributed by atoms with Gasteiger partial charge >= 0.3 is 5.97 Å². The van der Waals surface area contributed by atoms with Crippen LogP contribution in [0.1, 0.15) is 17.3 Å². The molecule has 16 heavy (non-hydrogen) atoms. The lowest BCUT2D eigenvalue weighted by Gasteiger charge is -2.07. The van der Waals surface area contributed by atoms with Crippen LogP contribution in [0.25, 0.3) is 0 Å². The van der Waals surface area contributed by atoms with Crippen LogP contribution < -0.4 is 0 Å². The van der Waals surface area contributed by atoms with Gasteiger partial charge in [0.1, 0.15) is 5.92 Å². The van der Waals surface area contributed by atoms with Crippen LogP contribution >= 0.6 is 0 Å². The number of rotatable bonds is 4. The minimum absolute atomic E-state index is 0.205. The largest absolute Gasteiger partial charge is 0.481 e. The van der Waals surface area contributed by atoms with Crippen LogP contribution in [0.15, 0.2) is 41.2 Å². The molecule has 2 rings (SSSR count). The number of carbonyl (C=O) groups is 1. The molecule has 1 aromatic heterocycles. The van der Waals surface area contributed by atoms with Crippen molar-refractivity contribution in [3.05, 3.63) is 48.1 Å². The first-order chi connectivity index (χ1) is 7.77. The van der Waals surface area contributed by atoms with E-state index in [1.165, 1.54) is 0 Å². The van der Waals surface area contributed by atoms with E-state index < -0.39 is 11.9 Å². The van der Waals surface area contributed by atoms with Gasteiger partial charge in [-0.15, -0.1) is 0 Å². The summed E-state index contributed by atoms with van der Waals surface area (Å²) in [6.45, 7) is 0. The van der Waals surface area contributed by atoms with Gasteiger partial charge in [0.15, 0.2) is 5.82 Å². The average Bonchev–Trinajstić information content (AvgIpc) is 2.80. The van der Waals surface area contributed by atoms with Gasteiger partial charge in [-0.3, -0.25) is 4.79 Å². The molecular formula is C11H10N2O3. The lowest BCUT2D eigenvalue weighted by molar-refractivity contribution is -0.139. The molecule has 5 nitrogen and oxygen atoms in total. The fraction of sp³-hybridized carbons (Fsp3) is 0.182. The number of benzene rings is 1. The van der Waals surface area contributed by atoms with Crippen molar-refractivity contribution in [1.82, 2.24) is 10.1 Å². The third-order valence-corrected chi connectivity index (χ3v) is 2.27. The van der Waals surface area contributed by atoms with E-state index in [1.54, 1.807) is 0 Å². The summed E-state index contributed by atoms with van der Waals surface area (Å²) in [6, 6.07) is 9.36. The molecule has 2 aromatic rings. The van der Waals surface area contributed by atoms with Crippen molar-refractivity contribution in [2.24, 2.45) is 0 Å². The van der Waals surface area contributed by atoms with Gasteiger partial charge in [0.2, 0.25) is 6.39 Å². The van der Waals surface area contributed by atoms with Gasteiger partial charge in [-0.2, -0.15) is 4.98 Å². The Kier molecular flexibility index (Phi) is 2.95. The molecule has 0 amide bonds. The summed E-state index contributed by atoms with van der Waals surface area (Å²) >= 11 is 0. The van der Waals surface area contributed by atoms with Gasteiger partial charge in [-0.05, 0) is 12.0 Å². The minimum Gasteiger partial charge on any atom is -0.481 e. The van der Waals surface area contributed by atoms with Crippen molar-refractivity contribution in [1.29, 1.82) is 0 Å². The summed E-state index contributed by atoms with van der Waals surface area (Å²) in [7, 11) is 0. The Morgan fingerprint density at radius 2 is 2.12 bits per heavy atom. The average molecular weight is 218 g/mol. The molecule has 1 unspecified atom stereocenters. The molecule has 1 heterocycles. The number of aliphatic carboxylic acids is 1. The van der Waals surface area contributed by atoms with Crippen molar-refractivity contribution in [3.63, 3.8) is 0 Å². The van der Waals surface area contributed by atoms with Crippen LogP contribution in [0.3, 0.4) is 0 Å². The molecule has 0 saturated carbocycles. The van der Waals surface area contributed by atoms with Crippen molar-refractivity contribution in [3.8, 4) is 0 Å². The minimum atomic E-state index is -0.953. The first-order valence-electron chi connectivity index (χ1n) is 4.80. The third kappa shape index (κ3) is 2.25. The second-order valence-corrected chi connectivity index (χ2v) is 3.37. The van der Waals surface area contributed by atoms with Gasteiger partial charge in [0, 0.05) is 0 Å². The Bertz CT molecular complexity index is 453. The smallest absolute Gasteiger partial charge is 0.314 e. The maximum atomic E-state index is 11.1. The maximum absolute atomic E-state index is 11.1. The van der Waals surface area contributed by atoms with E-state index in [1.807, 2.05) is 30.3 Å². The molecule has 0 aliphatic carbocycles. The second-order valence-electron chi connectivity index (χ2n) is 3.37. The number of hydrogen-bond acceptors (Lipinski definition) is 4. The van der Waals surface area contributed by atoms with Gasteiger partial charge < -0.3 is 9.63 Å². The van der Waals surface area contributed by atoms with Crippen LogP contribution in [0.4, 0.5) is 0 Å². The van der Waals surface area contributed by atoms with Crippen molar-refractivity contribution >= 4 is 5.97 Å². The Labute approximate surface area is 91.7 Å². The number of carboxylic acids is 1. The summed E-state index contributed by atoms with van der Waals surface area (Å²) in [5.74, 6) is -1.51. The van der Waals surface area contributed by atoms with E-state index in [-0.39, 0.29) is 5.82 Å². The van der Waals surface area contributed by atoms with E-state index in [2.05, 4.69) is 14.7 Å². The van der Waals surface area contributed by atoms with Crippen LogP contribution in [0, 0.1) is 0 Å². The van der Waals surface area contributed by atoms with Crippen LogP contribution in [0.5, 0.6) is 0 Å². The molecule has 82 valence electrons. The lowest BCUT2D eigenvalue weighted by Crippen LogP contribution is -2.15. The van der Waals surface area contributed by atoms with Crippen molar-refractivity contribution < 1.29 is 14.4 Å². The summed E-state index contributed by atoms with van der Waals surface area (Å²) in [5.41, 5.74) is 0.930. The number of hydrogen-bond donors (Lipinski definition) is 1. The molecule has 0 saturated heterocycles. The van der Waals surface area contributed by atoms with E-state index in [9.17, 15) is 4.79 Å². The summed E-state index contributed by atoms with van der Waals surface area (Å²) in [4.78, 5) is 14.9. The number of carboxylic acid groups (broad SMARTS) is 1. The Balaban J connectivity index is 2.19. The second kappa shape index (κ2) is 4.57. The van der Waals surface area contributed by atoms with Crippen molar-refractivity contribution in [2.75, 3.05) is 0 Å². The highest BCUT2D eigenvalue weighted by atomic mass is 16.5. The predicted molar refractivity (Wildman–Crippen MR) is 54.8 cm³/mol. The highest BCUT2D eigenvalue weighted by Gasteiger charge is 2.24. The van der Waals surface area contributed by atoms with E-state index in [0.717, 1.165) is 12.0 Å². The molecule has 0 aliphatic heterocycles. The van der Waals surface area contributed by atoms with Crippen LogP contribution in [-0.2, 0) is 11.2 Å². The topological polar surface area (TPSA) is 76.2 Å². The van der Waals surface area contributed by atoms with Gasteiger partial charge in [0.05, 0.1) is 0 Å². The highest BCUT2D eigenvalue weighted by Crippen LogP contribution is 2.17. The summed E-state index contributed by atoms with van der Waals surface area (Å²) < 4.78 is 4.56. The van der Waals surface area contributed by atoms with Crippen LogP contribution in [-0.4, -0.2) is 21.2 Å². The third-order valence-electron chi connectivity index (χ3n) is 2.27. The Hall–Kier alpha value is -2.17. The predicted octanol–water partition coefficient (Wildman–Crippen LogP) is 1.48. The monoisotopic (exact) mass is 218 g/mol.